The summed E-state index contributed by atoms with van der Waals surface area (Å²) in [6, 6.07) is 12.0. The van der Waals surface area contributed by atoms with E-state index in [0.717, 1.165) is 11.0 Å². The molecule has 0 aliphatic carbocycles. The number of hydrogen-bond acceptors (Lipinski definition) is 2. The standard InChI is InChI=1S/C16H12ClFO2S/c17-13-4-6-14(7-5-13)21-10-12-3-1-11(9-15(12)18)2-8-16(19)20/h1-9H,10H2,(H,19,20). The minimum absolute atomic E-state index is 0.344. The molecule has 0 spiro atoms. The summed E-state index contributed by atoms with van der Waals surface area (Å²) < 4.78 is 13.9. The van der Waals surface area contributed by atoms with E-state index >= 15 is 0 Å². The number of thioether (sulfide) groups is 1. The highest BCUT2D eigenvalue weighted by Crippen LogP contribution is 2.25. The number of benzene rings is 2. The van der Waals surface area contributed by atoms with Gasteiger partial charge in [-0.2, -0.15) is 0 Å². The smallest absolute Gasteiger partial charge is 0.328 e. The fraction of sp³-hybridized carbons (Fsp3) is 0.0625. The van der Waals surface area contributed by atoms with Gasteiger partial charge in [-0.1, -0.05) is 23.7 Å². The van der Waals surface area contributed by atoms with Crippen LogP contribution in [0.4, 0.5) is 4.39 Å². The zero-order valence-electron chi connectivity index (χ0n) is 10.9. The Hall–Kier alpha value is -1.78. The molecule has 0 bridgehead atoms. The summed E-state index contributed by atoms with van der Waals surface area (Å²) in [6.07, 6.45) is 2.35. The van der Waals surface area contributed by atoms with Crippen LogP contribution < -0.4 is 0 Å². The molecule has 0 aliphatic rings. The molecule has 5 heteroatoms. The van der Waals surface area contributed by atoms with E-state index in [2.05, 4.69) is 0 Å². The molecule has 108 valence electrons. The van der Waals surface area contributed by atoms with Crippen molar-refractivity contribution in [2.24, 2.45) is 0 Å². The van der Waals surface area contributed by atoms with Crippen molar-refractivity contribution in [3.05, 3.63) is 70.5 Å². The molecule has 0 radical (unpaired) electrons. The van der Waals surface area contributed by atoms with Gasteiger partial charge in [-0.3, -0.25) is 0 Å². The van der Waals surface area contributed by atoms with E-state index in [1.807, 2.05) is 12.1 Å². The van der Waals surface area contributed by atoms with E-state index in [1.165, 1.54) is 23.9 Å². The normalized spacial score (nSPS) is 11.0. The average molecular weight is 323 g/mol. The van der Waals surface area contributed by atoms with Crippen molar-refractivity contribution in [1.29, 1.82) is 0 Å². The molecule has 0 fully saturated rings. The number of carboxylic acids is 1. The van der Waals surface area contributed by atoms with Crippen molar-refractivity contribution in [3.63, 3.8) is 0 Å². The van der Waals surface area contributed by atoms with E-state index in [-0.39, 0.29) is 5.82 Å². The molecule has 2 nitrogen and oxygen atoms in total. The highest BCUT2D eigenvalue weighted by molar-refractivity contribution is 7.98. The third-order valence-corrected chi connectivity index (χ3v) is 4.02. The Morgan fingerprint density at radius 3 is 2.57 bits per heavy atom. The van der Waals surface area contributed by atoms with Gasteiger partial charge >= 0.3 is 5.97 Å². The monoisotopic (exact) mass is 322 g/mol. The minimum atomic E-state index is -1.06. The van der Waals surface area contributed by atoms with E-state index in [9.17, 15) is 9.18 Å². The van der Waals surface area contributed by atoms with Crippen molar-refractivity contribution >= 4 is 35.4 Å². The van der Waals surface area contributed by atoms with Crippen LogP contribution in [0.5, 0.6) is 0 Å². The Labute approximate surface area is 131 Å². The Bertz CT molecular complexity index is 668. The summed E-state index contributed by atoms with van der Waals surface area (Å²) in [5.41, 5.74) is 1.09. The first kappa shape index (κ1) is 15.6. The molecule has 0 heterocycles. The number of carbonyl (C=O) groups is 1. The highest BCUT2D eigenvalue weighted by atomic mass is 35.5. The summed E-state index contributed by atoms with van der Waals surface area (Å²) in [7, 11) is 0. The van der Waals surface area contributed by atoms with Gasteiger partial charge in [-0.15, -0.1) is 11.8 Å². The lowest BCUT2D eigenvalue weighted by Gasteiger charge is -2.05. The first-order valence-corrected chi connectivity index (χ1v) is 7.49. The van der Waals surface area contributed by atoms with Gasteiger partial charge < -0.3 is 5.11 Å². The lowest BCUT2D eigenvalue weighted by Crippen LogP contribution is -1.90. The molecule has 1 N–H and O–H groups in total. The first-order chi connectivity index (χ1) is 10.0. The zero-order valence-corrected chi connectivity index (χ0v) is 12.5. The Balaban J connectivity index is 2.04. The third-order valence-electron chi connectivity index (χ3n) is 2.70. The first-order valence-electron chi connectivity index (χ1n) is 6.12. The molecule has 2 rings (SSSR count). The fourth-order valence-electron chi connectivity index (χ4n) is 1.64. The second-order valence-electron chi connectivity index (χ2n) is 4.27. The molecule has 0 saturated heterocycles. The Kier molecular flexibility index (Phi) is 5.42. The molecular weight excluding hydrogens is 311 g/mol. The van der Waals surface area contributed by atoms with Crippen LogP contribution in [-0.4, -0.2) is 11.1 Å². The molecule has 0 saturated carbocycles. The predicted octanol–water partition coefficient (Wildman–Crippen LogP) is 4.87. The van der Waals surface area contributed by atoms with Gasteiger partial charge in [0.15, 0.2) is 0 Å². The summed E-state index contributed by atoms with van der Waals surface area (Å²) in [4.78, 5) is 11.4. The Morgan fingerprint density at radius 2 is 1.95 bits per heavy atom. The van der Waals surface area contributed by atoms with Crippen LogP contribution in [0.2, 0.25) is 5.02 Å². The summed E-state index contributed by atoms with van der Waals surface area (Å²) in [5, 5.41) is 9.20. The molecule has 0 aromatic heterocycles. The van der Waals surface area contributed by atoms with E-state index in [0.29, 0.717) is 21.9 Å². The van der Waals surface area contributed by atoms with Crippen LogP contribution in [0.15, 0.2) is 53.4 Å². The van der Waals surface area contributed by atoms with Crippen LogP contribution in [-0.2, 0) is 10.5 Å². The molecule has 0 amide bonds. The van der Waals surface area contributed by atoms with E-state index in [4.69, 9.17) is 16.7 Å². The lowest BCUT2D eigenvalue weighted by molar-refractivity contribution is -0.131. The highest BCUT2D eigenvalue weighted by Gasteiger charge is 2.04. The molecule has 0 unspecified atom stereocenters. The third kappa shape index (κ3) is 4.92. The molecular formula is C16H12ClFO2S. The van der Waals surface area contributed by atoms with Gasteiger partial charge in [0.25, 0.3) is 0 Å². The molecule has 0 aliphatic heterocycles. The maximum Gasteiger partial charge on any atom is 0.328 e. The maximum absolute atomic E-state index is 13.9. The Morgan fingerprint density at radius 1 is 1.24 bits per heavy atom. The van der Waals surface area contributed by atoms with Crippen molar-refractivity contribution in [2.45, 2.75) is 10.6 Å². The van der Waals surface area contributed by atoms with Crippen LogP contribution in [0.1, 0.15) is 11.1 Å². The second-order valence-corrected chi connectivity index (χ2v) is 5.75. The predicted molar refractivity (Wildman–Crippen MR) is 84.1 cm³/mol. The summed E-state index contributed by atoms with van der Waals surface area (Å²) in [6.45, 7) is 0. The van der Waals surface area contributed by atoms with Crippen molar-refractivity contribution in [1.82, 2.24) is 0 Å². The number of carboxylic acid groups (broad SMARTS) is 1. The minimum Gasteiger partial charge on any atom is -0.478 e. The van der Waals surface area contributed by atoms with Gasteiger partial charge in [0.2, 0.25) is 0 Å². The van der Waals surface area contributed by atoms with Crippen LogP contribution >= 0.6 is 23.4 Å². The largest absolute Gasteiger partial charge is 0.478 e. The second kappa shape index (κ2) is 7.29. The van der Waals surface area contributed by atoms with E-state index in [1.54, 1.807) is 24.3 Å². The molecule has 21 heavy (non-hydrogen) atoms. The van der Waals surface area contributed by atoms with Gasteiger partial charge in [0, 0.05) is 21.7 Å². The molecule has 2 aromatic rings. The maximum atomic E-state index is 13.9. The van der Waals surface area contributed by atoms with Crippen molar-refractivity contribution in [3.8, 4) is 0 Å². The van der Waals surface area contributed by atoms with Gasteiger partial charge in [-0.25, -0.2) is 9.18 Å². The van der Waals surface area contributed by atoms with Crippen LogP contribution in [0, 0.1) is 5.82 Å². The van der Waals surface area contributed by atoms with Crippen molar-refractivity contribution < 1.29 is 14.3 Å². The number of rotatable bonds is 5. The molecule has 2 aromatic carbocycles. The van der Waals surface area contributed by atoms with Gasteiger partial charge in [0.05, 0.1) is 0 Å². The van der Waals surface area contributed by atoms with Crippen LogP contribution in [0.3, 0.4) is 0 Å². The van der Waals surface area contributed by atoms with E-state index < -0.39 is 5.97 Å². The zero-order chi connectivity index (χ0) is 15.2. The summed E-state index contributed by atoms with van der Waals surface area (Å²) in [5.74, 6) is -0.905. The van der Waals surface area contributed by atoms with Gasteiger partial charge in [-0.05, 0) is 47.5 Å². The average Bonchev–Trinajstić information content (AvgIpc) is 2.46. The molecule has 0 atom stereocenters. The quantitative estimate of drug-likeness (QED) is 0.630. The van der Waals surface area contributed by atoms with Crippen LogP contribution in [0.25, 0.3) is 6.08 Å². The summed E-state index contributed by atoms with van der Waals surface area (Å²) >= 11 is 7.32. The lowest BCUT2D eigenvalue weighted by atomic mass is 10.1. The topological polar surface area (TPSA) is 37.3 Å². The van der Waals surface area contributed by atoms with Gasteiger partial charge in [0.1, 0.15) is 5.82 Å². The number of halogens is 2. The SMILES string of the molecule is O=C(O)C=Cc1ccc(CSc2ccc(Cl)cc2)c(F)c1. The van der Waals surface area contributed by atoms with Crippen molar-refractivity contribution in [2.75, 3.05) is 0 Å². The number of aliphatic carboxylic acids is 1. The fourth-order valence-corrected chi connectivity index (χ4v) is 2.65. The number of hydrogen-bond donors (Lipinski definition) is 1.